The van der Waals surface area contributed by atoms with E-state index in [1.807, 2.05) is 0 Å². The van der Waals surface area contributed by atoms with Crippen molar-refractivity contribution in [3.05, 3.63) is 29.1 Å². The van der Waals surface area contributed by atoms with E-state index in [0.29, 0.717) is 18.6 Å². The Morgan fingerprint density at radius 2 is 1.65 bits per heavy atom. The Balaban J connectivity index is 0.000000512. The van der Waals surface area contributed by atoms with Crippen LogP contribution in [0.25, 0.3) is 0 Å². The molecule has 2 rings (SSSR count). The number of hydrogen-bond donors (Lipinski definition) is 6. The zero-order valence-corrected chi connectivity index (χ0v) is 21.1. The minimum absolute atomic E-state index is 0.0588. The first-order chi connectivity index (χ1) is 18.9. The zero-order chi connectivity index (χ0) is 30.2. The van der Waals surface area contributed by atoms with Gasteiger partial charge in [-0.15, -0.1) is 0 Å². The highest BCUT2D eigenvalue weighted by molar-refractivity contribution is 6.30. The minimum atomic E-state index is -2.35. The van der Waals surface area contributed by atoms with Crippen molar-refractivity contribution in [3.8, 4) is 5.75 Å². The number of aliphatic hydroxyl groups is 3. The minimum Gasteiger partial charge on any atom is -0.420 e. The summed E-state index contributed by atoms with van der Waals surface area (Å²) >= 11 is 0. The molecule has 1 aromatic carbocycles. The molecule has 1 saturated heterocycles. The molecule has 3 atom stereocenters. The second-order valence-electron chi connectivity index (χ2n) is 8.08. The summed E-state index contributed by atoms with van der Waals surface area (Å²) in [5.41, 5.74) is 0.365. The summed E-state index contributed by atoms with van der Waals surface area (Å²) in [6.07, 6.45) is -0.0171. The van der Waals surface area contributed by atoms with E-state index in [2.05, 4.69) is 14.8 Å². The lowest BCUT2D eigenvalue weighted by Gasteiger charge is -2.30. The molecule has 0 amide bonds. The van der Waals surface area contributed by atoms with E-state index in [1.165, 1.54) is 6.21 Å². The number of carbonyl (C=O) groups excluding carboxylic acids is 1. The van der Waals surface area contributed by atoms with Crippen molar-refractivity contribution in [2.45, 2.75) is 44.0 Å². The predicted octanol–water partition coefficient (Wildman–Crippen LogP) is 0.430. The molecule has 7 N–H and O–H groups in total. The molecule has 0 saturated carbocycles. The first-order valence-corrected chi connectivity index (χ1v) is 11.7. The molecule has 1 aliphatic rings. The van der Waals surface area contributed by atoms with Crippen molar-refractivity contribution in [1.29, 1.82) is 0 Å². The topological polar surface area (TPSA) is 200 Å². The van der Waals surface area contributed by atoms with Crippen molar-refractivity contribution in [2.24, 2.45) is 15.9 Å². The number of halogens is 5. The number of rotatable bonds is 13. The number of hydrazone groups is 1. The average Bonchev–Trinajstić information content (AvgIpc) is 2.93. The first-order valence-electron chi connectivity index (χ1n) is 11.7. The highest BCUT2D eigenvalue weighted by Crippen LogP contribution is 2.29. The average molecular weight is 590 g/mol. The van der Waals surface area contributed by atoms with Crippen LogP contribution in [0.5, 0.6) is 5.75 Å². The van der Waals surface area contributed by atoms with Crippen LogP contribution in [0.15, 0.2) is 10.1 Å². The van der Waals surface area contributed by atoms with Crippen LogP contribution in [0, 0.1) is 29.1 Å². The molecule has 1 heterocycles. The van der Waals surface area contributed by atoms with Crippen molar-refractivity contribution < 1.29 is 66.7 Å². The number of aliphatic imine (C=N–C) groups is 1. The van der Waals surface area contributed by atoms with Gasteiger partial charge < -0.3 is 35.4 Å². The van der Waals surface area contributed by atoms with Crippen LogP contribution < -0.4 is 10.6 Å². The largest absolute Gasteiger partial charge is 0.420 e. The van der Waals surface area contributed by atoms with Crippen molar-refractivity contribution in [3.63, 3.8) is 0 Å². The molecular weight excluding hydrogens is 559 g/mol. The fraction of sp³-hybridized carbons (Fsp3) is 0.591. The molecule has 228 valence electrons. The Labute approximate surface area is 224 Å². The van der Waals surface area contributed by atoms with E-state index in [4.69, 9.17) is 35.9 Å². The van der Waals surface area contributed by atoms with E-state index < -0.39 is 59.4 Å². The van der Waals surface area contributed by atoms with Crippen molar-refractivity contribution in [1.82, 2.24) is 5.23 Å². The molecule has 18 heteroatoms. The third kappa shape index (κ3) is 12.1. The number of hydrogen-bond acceptors (Lipinski definition) is 13. The van der Waals surface area contributed by atoms with Crippen LogP contribution in [0.2, 0.25) is 0 Å². The van der Waals surface area contributed by atoms with E-state index in [0.717, 1.165) is 0 Å². The van der Waals surface area contributed by atoms with Crippen molar-refractivity contribution in [2.75, 3.05) is 39.5 Å². The molecule has 1 fully saturated rings. The fourth-order valence-corrected chi connectivity index (χ4v) is 2.96. The van der Waals surface area contributed by atoms with E-state index in [-0.39, 0.29) is 57.3 Å². The van der Waals surface area contributed by atoms with Crippen LogP contribution in [0.3, 0.4) is 0 Å². The summed E-state index contributed by atoms with van der Waals surface area (Å²) in [5, 5.41) is 47.3. The summed E-state index contributed by atoms with van der Waals surface area (Å²) in [6.45, 7) is -0.00146. The van der Waals surface area contributed by atoms with E-state index in [1.54, 1.807) is 0 Å². The summed E-state index contributed by atoms with van der Waals surface area (Å²) in [5.74, 6) is -9.13. The smallest absolute Gasteiger partial charge is 0.313 e. The maximum Gasteiger partial charge on any atom is 0.313 e. The van der Waals surface area contributed by atoms with Gasteiger partial charge in [0, 0.05) is 25.7 Å². The van der Waals surface area contributed by atoms with Gasteiger partial charge in [-0.05, 0) is 6.42 Å². The van der Waals surface area contributed by atoms with Crippen LogP contribution in [-0.4, -0.2) is 107 Å². The van der Waals surface area contributed by atoms with Crippen LogP contribution in [-0.2, 0) is 14.3 Å². The third-order valence-corrected chi connectivity index (χ3v) is 5.08. The number of aliphatic hydroxyl groups excluding tert-OH is 3. The predicted molar refractivity (Wildman–Crippen MR) is 125 cm³/mol. The second kappa shape index (κ2) is 18.5. The molecule has 40 heavy (non-hydrogen) atoms. The van der Waals surface area contributed by atoms with Gasteiger partial charge >= 0.3 is 5.97 Å². The van der Waals surface area contributed by atoms with Crippen LogP contribution in [0.1, 0.15) is 25.7 Å². The highest BCUT2D eigenvalue weighted by Gasteiger charge is 2.29. The summed E-state index contributed by atoms with van der Waals surface area (Å²) in [6, 6.07) is 0. The number of ether oxygens (including phenoxy) is 3. The monoisotopic (exact) mass is 590 g/mol. The first kappa shape index (κ1) is 35.2. The van der Waals surface area contributed by atoms with Crippen molar-refractivity contribution >= 4 is 17.9 Å². The second-order valence-corrected chi connectivity index (χ2v) is 8.08. The van der Waals surface area contributed by atoms with Gasteiger partial charge in [0.25, 0.3) is 0 Å². The lowest BCUT2D eigenvalue weighted by atomic mass is 10.0. The van der Waals surface area contributed by atoms with Gasteiger partial charge in [-0.1, -0.05) is 5.23 Å². The number of hydroxylamine groups is 2. The van der Waals surface area contributed by atoms with Gasteiger partial charge in [-0.3, -0.25) is 20.2 Å². The van der Waals surface area contributed by atoms with Gasteiger partial charge in [0.15, 0.2) is 0 Å². The molecule has 1 aliphatic heterocycles. The number of carbonyl (C=O) groups is 1. The Kier molecular flexibility index (Phi) is 16.3. The summed E-state index contributed by atoms with van der Waals surface area (Å²) in [7, 11) is 0. The molecule has 0 aliphatic carbocycles. The number of nitrogens with two attached hydrogens (primary N) is 1. The molecule has 0 aromatic heterocycles. The van der Waals surface area contributed by atoms with Gasteiger partial charge in [0.2, 0.25) is 34.8 Å². The molecule has 0 radical (unpaired) electrons. The number of nitrogens with zero attached hydrogens (tertiary/aromatic N) is 3. The van der Waals surface area contributed by atoms with Gasteiger partial charge in [-0.2, -0.15) is 13.9 Å². The molecule has 3 unspecified atom stereocenters. The van der Waals surface area contributed by atoms with Gasteiger partial charge in [0.1, 0.15) is 6.10 Å². The molecule has 0 bridgehead atoms. The lowest BCUT2D eigenvalue weighted by molar-refractivity contribution is -0.309. The maximum absolute atomic E-state index is 13.4. The lowest BCUT2D eigenvalue weighted by Crippen LogP contribution is -2.42. The summed E-state index contributed by atoms with van der Waals surface area (Å²) in [4.78, 5) is 15.3. The number of benzene rings is 1. The number of esters is 1. The van der Waals surface area contributed by atoms with Crippen LogP contribution >= 0.6 is 0 Å². The van der Waals surface area contributed by atoms with Crippen LogP contribution in [0.4, 0.5) is 22.0 Å². The van der Waals surface area contributed by atoms with Gasteiger partial charge in [-0.25, -0.2) is 13.2 Å². The quantitative estimate of drug-likeness (QED) is 0.0214. The standard InChI is InChI=1S/C15H16F5N3O4.C7H15NO5/c16-10-11(17)13(19)15(14(20)12(10)18)27-9(25)2-5-26-6-3-22-7-8(23-21)1-4-24;9-6-3-5(1-2-8(11)12)13-4-7(6)10/h7,24H,1-6,21H2;5-7,9-12H,1-4H2/b22-7?,23-8-;. The summed E-state index contributed by atoms with van der Waals surface area (Å²) < 4.78 is 79.9. The Morgan fingerprint density at radius 1 is 1.02 bits per heavy atom. The maximum atomic E-state index is 13.4. The van der Waals surface area contributed by atoms with Gasteiger partial charge in [0.05, 0.1) is 57.3 Å². The van der Waals surface area contributed by atoms with E-state index >= 15 is 0 Å². The molecule has 0 spiro atoms. The fourth-order valence-electron chi connectivity index (χ4n) is 2.96. The third-order valence-electron chi connectivity index (χ3n) is 5.08. The zero-order valence-electron chi connectivity index (χ0n) is 21.1. The Bertz CT molecular complexity index is 975. The highest BCUT2D eigenvalue weighted by atomic mass is 19.2. The Morgan fingerprint density at radius 3 is 2.20 bits per heavy atom. The molecular formula is C22H31F5N4O9. The normalized spacial score (nSPS) is 19.6. The Hall–Kier alpha value is -2.84. The SMILES string of the molecule is N/N=C(\C=NCCOCCC(=O)Oc1c(F)c(F)c(F)c(F)c1F)CCO.OC1COC(CCN(O)O)CC1O. The molecule has 1 aromatic rings. The van der Waals surface area contributed by atoms with E-state index in [9.17, 15) is 31.9 Å². The molecule has 13 nitrogen and oxygen atoms in total.